The van der Waals surface area contributed by atoms with Crippen LogP contribution in [0.3, 0.4) is 0 Å². The van der Waals surface area contributed by atoms with Crippen molar-refractivity contribution in [1.82, 2.24) is 15.1 Å². The van der Waals surface area contributed by atoms with E-state index in [4.69, 9.17) is 25.5 Å². The van der Waals surface area contributed by atoms with Crippen molar-refractivity contribution in [1.29, 1.82) is 0 Å². The molecule has 0 radical (unpaired) electrons. The Balaban J connectivity index is 1.41. The first-order chi connectivity index (χ1) is 16.8. The second-order valence-electron chi connectivity index (χ2n) is 7.60. The molecule has 12 nitrogen and oxygen atoms in total. The lowest BCUT2D eigenvalue weighted by Crippen LogP contribution is -2.29. The SMILES string of the molecule is NCC(=O)OCc1nc(-c2ccc(-c3ccc(N4CO[C@@H](CC(=O)C(N)=O)C4)cc3F)cn2)no1. The predicted octanol–water partition coefficient (Wildman–Crippen LogP) is 0.547. The Kier molecular flexibility index (Phi) is 7.08. The van der Waals surface area contributed by atoms with Crippen LogP contribution in [0, 0.1) is 5.82 Å². The summed E-state index contributed by atoms with van der Waals surface area (Å²) in [6, 6.07) is 7.97. The fourth-order valence-corrected chi connectivity index (χ4v) is 3.40. The number of ether oxygens (including phenoxy) is 2. The molecule has 0 unspecified atom stereocenters. The lowest BCUT2D eigenvalue weighted by atomic mass is 10.1. The third kappa shape index (κ3) is 5.65. The van der Waals surface area contributed by atoms with Gasteiger partial charge in [-0.2, -0.15) is 4.98 Å². The second-order valence-corrected chi connectivity index (χ2v) is 7.60. The highest BCUT2D eigenvalue weighted by Crippen LogP contribution is 2.29. The van der Waals surface area contributed by atoms with E-state index >= 15 is 0 Å². The van der Waals surface area contributed by atoms with E-state index in [0.29, 0.717) is 29.1 Å². The Hall–Kier alpha value is -4.23. The average Bonchev–Trinajstić information content (AvgIpc) is 3.52. The third-order valence-corrected chi connectivity index (χ3v) is 5.19. The molecule has 0 spiro atoms. The van der Waals surface area contributed by atoms with Crippen LogP contribution >= 0.6 is 0 Å². The van der Waals surface area contributed by atoms with Crippen LogP contribution in [0.25, 0.3) is 22.6 Å². The highest BCUT2D eigenvalue weighted by atomic mass is 19.1. The molecule has 1 amide bonds. The Bertz CT molecular complexity index is 1250. The quantitative estimate of drug-likeness (QED) is 0.320. The smallest absolute Gasteiger partial charge is 0.320 e. The van der Waals surface area contributed by atoms with E-state index < -0.39 is 29.6 Å². The van der Waals surface area contributed by atoms with Gasteiger partial charge in [0, 0.05) is 36.0 Å². The van der Waals surface area contributed by atoms with E-state index in [2.05, 4.69) is 15.1 Å². The van der Waals surface area contributed by atoms with E-state index in [0.717, 1.165) is 0 Å². The second kappa shape index (κ2) is 10.4. The predicted molar refractivity (Wildman–Crippen MR) is 118 cm³/mol. The topological polar surface area (TPSA) is 177 Å². The summed E-state index contributed by atoms with van der Waals surface area (Å²) < 4.78 is 30.3. The van der Waals surface area contributed by atoms with Crippen LogP contribution in [0.1, 0.15) is 12.3 Å². The number of ketones is 1. The normalized spacial score (nSPS) is 15.3. The fourth-order valence-electron chi connectivity index (χ4n) is 3.40. The molecule has 182 valence electrons. The van der Waals surface area contributed by atoms with Crippen molar-refractivity contribution in [3.63, 3.8) is 0 Å². The minimum absolute atomic E-state index is 0.0847. The Morgan fingerprint density at radius 2 is 2.06 bits per heavy atom. The first-order valence-corrected chi connectivity index (χ1v) is 10.5. The van der Waals surface area contributed by atoms with Gasteiger partial charge in [-0.15, -0.1) is 0 Å². The molecule has 1 aromatic carbocycles. The summed E-state index contributed by atoms with van der Waals surface area (Å²) in [6.07, 6.45) is 0.862. The molecule has 0 saturated carbocycles. The summed E-state index contributed by atoms with van der Waals surface area (Å²) in [5, 5.41) is 3.79. The summed E-state index contributed by atoms with van der Waals surface area (Å²) in [6.45, 7) is 0.0187. The van der Waals surface area contributed by atoms with Crippen molar-refractivity contribution in [3.8, 4) is 22.6 Å². The lowest BCUT2D eigenvalue weighted by Gasteiger charge is -2.17. The zero-order valence-electron chi connectivity index (χ0n) is 18.3. The maximum Gasteiger partial charge on any atom is 0.320 e. The number of aromatic nitrogens is 3. The van der Waals surface area contributed by atoms with Crippen molar-refractivity contribution in [2.24, 2.45) is 11.5 Å². The molecule has 1 atom stereocenters. The average molecular weight is 484 g/mol. The number of benzene rings is 1. The van der Waals surface area contributed by atoms with Gasteiger partial charge < -0.3 is 30.4 Å². The van der Waals surface area contributed by atoms with Crippen LogP contribution in [0.5, 0.6) is 0 Å². The number of pyridine rings is 1. The lowest BCUT2D eigenvalue weighted by molar-refractivity contribution is -0.144. The van der Waals surface area contributed by atoms with Crippen LogP contribution in [0.15, 0.2) is 41.1 Å². The van der Waals surface area contributed by atoms with E-state index in [1.54, 1.807) is 29.2 Å². The van der Waals surface area contributed by atoms with Crippen LogP contribution in [-0.4, -0.2) is 58.7 Å². The first-order valence-electron chi connectivity index (χ1n) is 10.5. The summed E-state index contributed by atoms with van der Waals surface area (Å²) in [4.78, 5) is 43.7. The monoisotopic (exact) mass is 484 g/mol. The van der Waals surface area contributed by atoms with Crippen molar-refractivity contribution >= 4 is 23.3 Å². The molecule has 3 heterocycles. The summed E-state index contributed by atoms with van der Waals surface area (Å²) >= 11 is 0. The molecule has 4 rings (SSSR count). The van der Waals surface area contributed by atoms with Gasteiger partial charge in [0.2, 0.25) is 11.6 Å². The highest BCUT2D eigenvalue weighted by molar-refractivity contribution is 6.35. The standard InChI is InChI=1S/C22H21FN6O6/c23-16-5-13(29-9-14(34-11-29)6-18(30)21(25)32)2-3-15(16)12-1-4-17(26-8-12)22-27-19(35-28-22)10-33-20(31)7-24/h1-5,8,14H,6-7,9-11,24H2,(H2,25,32)/t14-/m0/s1. The number of hydrogen-bond donors (Lipinski definition) is 2. The molecule has 1 fully saturated rings. The summed E-state index contributed by atoms with van der Waals surface area (Å²) in [5.74, 6) is -2.52. The molecule has 0 aliphatic carbocycles. The van der Waals surface area contributed by atoms with Crippen LogP contribution in [0.2, 0.25) is 0 Å². The van der Waals surface area contributed by atoms with Crippen molar-refractivity contribution < 1.29 is 32.8 Å². The van der Waals surface area contributed by atoms with Gasteiger partial charge in [-0.3, -0.25) is 19.4 Å². The van der Waals surface area contributed by atoms with Crippen LogP contribution in [0.4, 0.5) is 10.1 Å². The zero-order chi connectivity index (χ0) is 24.9. The number of Topliss-reactive ketones (excluding diaryl/α,β-unsaturated/α-hetero) is 1. The van der Waals surface area contributed by atoms with Crippen molar-refractivity contribution in [2.45, 2.75) is 19.1 Å². The van der Waals surface area contributed by atoms with Gasteiger partial charge in [0.25, 0.3) is 11.8 Å². The van der Waals surface area contributed by atoms with Crippen molar-refractivity contribution in [2.75, 3.05) is 24.7 Å². The zero-order valence-corrected chi connectivity index (χ0v) is 18.3. The molecule has 1 saturated heterocycles. The Morgan fingerprint density at radius 3 is 2.74 bits per heavy atom. The number of anilines is 1. The summed E-state index contributed by atoms with van der Waals surface area (Å²) in [5.41, 5.74) is 12.0. The first kappa shape index (κ1) is 23.9. The number of hydrogen-bond acceptors (Lipinski definition) is 11. The molecule has 3 aromatic rings. The number of primary amides is 1. The van der Waals surface area contributed by atoms with Crippen LogP contribution < -0.4 is 16.4 Å². The van der Waals surface area contributed by atoms with Gasteiger partial charge in [-0.25, -0.2) is 4.39 Å². The molecule has 1 aliphatic heterocycles. The number of nitrogens with two attached hydrogens (primary N) is 2. The molecule has 4 N–H and O–H groups in total. The molecule has 13 heteroatoms. The van der Waals surface area contributed by atoms with Gasteiger partial charge in [0.1, 0.15) is 18.2 Å². The number of esters is 1. The number of halogens is 1. The maximum atomic E-state index is 14.9. The van der Waals surface area contributed by atoms with Gasteiger partial charge in [-0.1, -0.05) is 11.2 Å². The number of nitrogens with zero attached hydrogens (tertiary/aromatic N) is 4. The van der Waals surface area contributed by atoms with Gasteiger partial charge in [0.05, 0.1) is 12.6 Å². The number of carbonyl (C=O) groups excluding carboxylic acids is 3. The molecular weight excluding hydrogens is 463 g/mol. The van der Waals surface area contributed by atoms with Gasteiger partial charge >= 0.3 is 5.97 Å². The molecule has 2 aromatic heterocycles. The fraction of sp³-hybridized carbons (Fsp3) is 0.273. The Morgan fingerprint density at radius 1 is 1.23 bits per heavy atom. The summed E-state index contributed by atoms with van der Waals surface area (Å²) in [7, 11) is 0. The third-order valence-electron chi connectivity index (χ3n) is 5.19. The molecule has 0 bridgehead atoms. The van der Waals surface area contributed by atoms with E-state index in [9.17, 15) is 18.8 Å². The number of carbonyl (C=O) groups is 3. The largest absolute Gasteiger partial charge is 0.455 e. The van der Waals surface area contributed by atoms with Gasteiger partial charge in [0.15, 0.2) is 6.61 Å². The Labute approximate surface area is 198 Å². The molecule has 1 aliphatic rings. The highest BCUT2D eigenvalue weighted by Gasteiger charge is 2.27. The number of amides is 1. The van der Waals surface area contributed by atoms with Gasteiger partial charge in [-0.05, 0) is 24.3 Å². The minimum Gasteiger partial charge on any atom is -0.455 e. The molecule has 35 heavy (non-hydrogen) atoms. The number of rotatable bonds is 9. The van der Waals surface area contributed by atoms with E-state index in [1.165, 1.54) is 12.3 Å². The maximum absolute atomic E-state index is 14.9. The van der Waals surface area contributed by atoms with Crippen molar-refractivity contribution in [3.05, 3.63) is 48.2 Å². The van der Waals surface area contributed by atoms with E-state index in [-0.39, 0.29) is 38.0 Å². The van der Waals surface area contributed by atoms with E-state index in [1.807, 2.05) is 0 Å². The molecular formula is C22H21FN6O6. The van der Waals surface area contributed by atoms with Crippen LogP contribution in [-0.2, 0) is 30.5 Å². The minimum atomic E-state index is -1.00.